The van der Waals surface area contributed by atoms with E-state index in [1.54, 1.807) is 0 Å². The summed E-state index contributed by atoms with van der Waals surface area (Å²) >= 11 is 0. The zero-order valence-corrected chi connectivity index (χ0v) is 20.8. The number of carboxylic acids is 1. The van der Waals surface area contributed by atoms with Gasteiger partial charge in [0.1, 0.15) is 12.4 Å². The highest BCUT2D eigenvalue weighted by atomic mass is 16.6. The van der Waals surface area contributed by atoms with Crippen molar-refractivity contribution in [2.75, 3.05) is 11.9 Å². The Balaban J connectivity index is 1.57. The lowest BCUT2D eigenvalue weighted by Crippen LogP contribution is -2.15. The van der Waals surface area contributed by atoms with Gasteiger partial charge in [-0.25, -0.2) is 4.79 Å². The molecule has 9 nitrogen and oxygen atoms in total. The van der Waals surface area contributed by atoms with Gasteiger partial charge in [-0.15, -0.1) is 0 Å². The molecule has 9 heteroatoms. The van der Waals surface area contributed by atoms with Crippen molar-refractivity contribution in [2.45, 2.75) is 20.5 Å². The quantitative estimate of drug-likeness (QED) is 0.187. The van der Waals surface area contributed by atoms with Crippen LogP contribution in [0, 0.1) is 16.0 Å². The fourth-order valence-corrected chi connectivity index (χ4v) is 3.74. The van der Waals surface area contributed by atoms with Gasteiger partial charge in [0.25, 0.3) is 5.91 Å². The standard InChI is InChI=1S/C29H26N2O7/c1-18(2)16-37-26-15-23(29(33)34)9-11-24(26)30-28(32)22-10-12-25(31(35)36)27(14-22)38-17-19-7-8-20-5-3-4-6-21(20)13-19/h3-15,18H,16-17H2,1-2H3,(H,30,32)(H,33,34). The average molecular weight is 515 g/mol. The van der Waals surface area contributed by atoms with Crippen molar-refractivity contribution in [3.8, 4) is 11.5 Å². The van der Waals surface area contributed by atoms with E-state index in [1.807, 2.05) is 56.3 Å². The summed E-state index contributed by atoms with van der Waals surface area (Å²) in [6.45, 7) is 4.27. The molecule has 4 aromatic rings. The second kappa shape index (κ2) is 11.4. The summed E-state index contributed by atoms with van der Waals surface area (Å²) in [5, 5.41) is 25.7. The maximum Gasteiger partial charge on any atom is 0.335 e. The third-order valence-corrected chi connectivity index (χ3v) is 5.68. The number of nitrogens with zero attached hydrogens (tertiary/aromatic N) is 1. The lowest BCUT2D eigenvalue weighted by molar-refractivity contribution is -0.385. The molecule has 1 amide bonds. The third-order valence-electron chi connectivity index (χ3n) is 5.68. The molecule has 0 unspecified atom stereocenters. The Morgan fingerprint density at radius 3 is 2.32 bits per heavy atom. The molecule has 0 atom stereocenters. The van der Waals surface area contributed by atoms with Crippen LogP contribution in [0.1, 0.15) is 40.1 Å². The highest BCUT2D eigenvalue weighted by Crippen LogP contribution is 2.31. The predicted octanol–water partition coefficient (Wildman–Crippen LogP) is 6.31. The monoisotopic (exact) mass is 514 g/mol. The van der Waals surface area contributed by atoms with Crippen LogP contribution in [0.3, 0.4) is 0 Å². The molecule has 4 aromatic carbocycles. The minimum atomic E-state index is -1.12. The molecule has 4 rings (SSSR count). The molecular formula is C29H26N2O7. The van der Waals surface area contributed by atoms with Crippen LogP contribution in [-0.4, -0.2) is 28.5 Å². The van der Waals surface area contributed by atoms with E-state index < -0.39 is 16.8 Å². The number of ether oxygens (including phenoxy) is 2. The van der Waals surface area contributed by atoms with Gasteiger partial charge in [-0.2, -0.15) is 0 Å². The smallest absolute Gasteiger partial charge is 0.335 e. The normalized spacial score (nSPS) is 10.8. The molecule has 0 fully saturated rings. The van der Waals surface area contributed by atoms with Crippen molar-refractivity contribution < 1.29 is 29.1 Å². The van der Waals surface area contributed by atoms with Crippen molar-refractivity contribution in [2.24, 2.45) is 5.92 Å². The highest BCUT2D eigenvalue weighted by Gasteiger charge is 2.20. The largest absolute Gasteiger partial charge is 0.491 e. The van der Waals surface area contributed by atoms with E-state index in [4.69, 9.17) is 9.47 Å². The zero-order valence-electron chi connectivity index (χ0n) is 20.8. The van der Waals surface area contributed by atoms with Gasteiger partial charge in [-0.3, -0.25) is 14.9 Å². The molecule has 0 saturated heterocycles. The SMILES string of the molecule is CC(C)COc1cc(C(=O)O)ccc1NC(=O)c1ccc([N+](=O)[O-])c(OCc2ccc3ccccc3c2)c1. The van der Waals surface area contributed by atoms with Crippen LogP contribution in [0.2, 0.25) is 0 Å². The number of aromatic carboxylic acids is 1. The first-order chi connectivity index (χ1) is 18.2. The number of carbonyl (C=O) groups excluding carboxylic acids is 1. The van der Waals surface area contributed by atoms with E-state index in [1.165, 1.54) is 36.4 Å². The number of carbonyl (C=O) groups is 2. The van der Waals surface area contributed by atoms with Crippen molar-refractivity contribution in [1.82, 2.24) is 0 Å². The number of carboxylic acid groups (broad SMARTS) is 1. The molecule has 38 heavy (non-hydrogen) atoms. The summed E-state index contributed by atoms with van der Waals surface area (Å²) in [5.74, 6) is -1.35. The van der Waals surface area contributed by atoms with E-state index in [0.717, 1.165) is 16.3 Å². The number of hydrogen-bond acceptors (Lipinski definition) is 6. The highest BCUT2D eigenvalue weighted by molar-refractivity contribution is 6.05. The van der Waals surface area contributed by atoms with Crippen molar-refractivity contribution in [3.63, 3.8) is 0 Å². The van der Waals surface area contributed by atoms with Gasteiger partial charge in [0.2, 0.25) is 0 Å². The molecule has 0 heterocycles. The van der Waals surface area contributed by atoms with E-state index in [-0.39, 0.29) is 46.5 Å². The summed E-state index contributed by atoms with van der Waals surface area (Å²) in [5.41, 5.74) is 0.966. The summed E-state index contributed by atoms with van der Waals surface area (Å²) in [7, 11) is 0. The van der Waals surface area contributed by atoms with Gasteiger partial charge in [0.15, 0.2) is 5.75 Å². The fraction of sp³-hybridized carbons (Fsp3) is 0.172. The maximum atomic E-state index is 13.1. The maximum absolute atomic E-state index is 13.1. The fourth-order valence-electron chi connectivity index (χ4n) is 3.74. The molecule has 0 aromatic heterocycles. The molecule has 0 spiro atoms. The number of rotatable bonds is 10. The molecule has 0 radical (unpaired) electrons. The van der Waals surface area contributed by atoms with Crippen molar-refractivity contribution in [1.29, 1.82) is 0 Å². The first kappa shape index (κ1) is 26.2. The third kappa shape index (κ3) is 6.25. The van der Waals surface area contributed by atoms with Crippen LogP contribution in [0.4, 0.5) is 11.4 Å². The van der Waals surface area contributed by atoms with E-state index in [2.05, 4.69) is 5.32 Å². The first-order valence-corrected chi connectivity index (χ1v) is 11.9. The lowest BCUT2D eigenvalue weighted by atomic mass is 10.1. The first-order valence-electron chi connectivity index (χ1n) is 11.9. The Morgan fingerprint density at radius 1 is 0.895 bits per heavy atom. The molecule has 0 aliphatic heterocycles. The number of amides is 1. The Bertz CT molecular complexity index is 1510. The molecule has 0 saturated carbocycles. The van der Waals surface area contributed by atoms with E-state index in [9.17, 15) is 24.8 Å². The minimum absolute atomic E-state index is 0.0152. The summed E-state index contributed by atoms with van der Waals surface area (Å²) < 4.78 is 11.5. The lowest BCUT2D eigenvalue weighted by Gasteiger charge is -2.15. The molecule has 194 valence electrons. The predicted molar refractivity (Wildman–Crippen MR) is 143 cm³/mol. The van der Waals surface area contributed by atoms with E-state index >= 15 is 0 Å². The van der Waals surface area contributed by atoms with Gasteiger partial charge in [-0.05, 0) is 52.6 Å². The number of benzene rings is 4. The van der Waals surface area contributed by atoms with Crippen LogP contribution >= 0.6 is 0 Å². The number of hydrogen-bond donors (Lipinski definition) is 2. The molecule has 0 aliphatic carbocycles. The van der Waals surface area contributed by atoms with Crippen LogP contribution in [0.15, 0.2) is 78.9 Å². The summed E-state index contributed by atoms with van der Waals surface area (Å²) in [4.78, 5) is 35.5. The Hall–Kier alpha value is -4.92. The minimum Gasteiger partial charge on any atom is -0.491 e. The van der Waals surface area contributed by atoms with Gasteiger partial charge in [0, 0.05) is 17.7 Å². The second-order valence-corrected chi connectivity index (χ2v) is 9.08. The van der Waals surface area contributed by atoms with Gasteiger partial charge in [0.05, 0.1) is 22.8 Å². The van der Waals surface area contributed by atoms with Gasteiger partial charge < -0.3 is 19.9 Å². The number of nitro groups is 1. The number of nitro benzene ring substituents is 1. The van der Waals surface area contributed by atoms with Crippen molar-refractivity contribution >= 4 is 34.0 Å². The molecule has 2 N–H and O–H groups in total. The summed E-state index contributed by atoms with van der Waals surface area (Å²) in [6, 6.07) is 21.6. The average Bonchev–Trinajstić information content (AvgIpc) is 2.90. The Labute approximate surface area is 218 Å². The number of fused-ring (bicyclic) bond motifs is 1. The second-order valence-electron chi connectivity index (χ2n) is 9.08. The van der Waals surface area contributed by atoms with Crippen LogP contribution in [0.25, 0.3) is 10.8 Å². The number of anilines is 1. The Kier molecular flexibility index (Phi) is 7.86. The zero-order chi connectivity index (χ0) is 27.2. The summed E-state index contributed by atoms with van der Waals surface area (Å²) in [6.07, 6.45) is 0. The van der Waals surface area contributed by atoms with Crippen LogP contribution in [-0.2, 0) is 6.61 Å². The Morgan fingerprint density at radius 2 is 1.61 bits per heavy atom. The van der Waals surface area contributed by atoms with Crippen LogP contribution in [0.5, 0.6) is 11.5 Å². The van der Waals surface area contributed by atoms with E-state index in [0.29, 0.717) is 6.61 Å². The van der Waals surface area contributed by atoms with Crippen LogP contribution < -0.4 is 14.8 Å². The topological polar surface area (TPSA) is 128 Å². The molecule has 0 aliphatic rings. The van der Waals surface area contributed by atoms with Gasteiger partial charge in [-0.1, -0.05) is 50.2 Å². The number of nitrogens with one attached hydrogen (secondary N) is 1. The molecular weight excluding hydrogens is 488 g/mol. The van der Waals surface area contributed by atoms with Crippen molar-refractivity contribution in [3.05, 3.63) is 106 Å². The molecule has 0 bridgehead atoms. The van der Waals surface area contributed by atoms with Gasteiger partial charge >= 0.3 is 11.7 Å².